The fraction of sp³-hybridized carbons (Fsp3) is 0.227. The van der Waals surface area contributed by atoms with Crippen molar-refractivity contribution in [1.29, 1.82) is 0 Å². The third kappa shape index (κ3) is 5.18. The summed E-state index contributed by atoms with van der Waals surface area (Å²) in [6.07, 6.45) is -4.81. The number of halogens is 3. The molecule has 0 fully saturated rings. The van der Waals surface area contributed by atoms with Crippen molar-refractivity contribution in [3.63, 3.8) is 0 Å². The number of hydrogen-bond donors (Lipinski definition) is 1. The van der Waals surface area contributed by atoms with Crippen LogP contribution in [0.2, 0.25) is 0 Å². The van der Waals surface area contributed by atoms with E-state index in [-0.39, 0.29) is 19.0 Å². The topological polar surface area (TPSA) is 117 Å². The molecule has 0 atom stereocenters. The lowest BCUT2D eigenvalue weighted by atomic mass is 10.2. The number of alkyl halides is 3. The minimum atomic E-state index is -4.81. The van der Waals surface area contributed by atoms with Crippen LogP contribution in [0.3, 0.4) is 0 Å². The van der Waals surface area contributed by atoms with Gasteiger partial charge >= 0.3 is 6.18 Å². The number of aromatic nitrogens is 4. The van der Waals surface area contributed by atoms with Crippen LogP contribution in [0.15, 0.2) is 59.5 Å². The minimum Gasteiger partial charge on any atom is -0.493 e. The molecule has 0 unspecified atom stereocenters. The van der Waals surface area contributed by atoms with E-state index in [0.717, 1.165) is 12.1 Å². The van der Waals surface area contributed by atoms with E-state index in [9.17, 15) is 21.6 Å². The summed E-state index contributed by atoms with van der Waals surface area (Å²) in [6.45, 7) is -0.487. The number of ether oxygens (including phenoxy) is 3. The molecule has 0 aliphatic heterocycles. The van der Waals surface area contributed by atoms with Crippen LogP contribution in [0.4, 0.5) is 13.2 Å². The Morgan fingerprint density at radius 3 is 2.44 bits per heavy atom. The summed E-state index contributed by atoms with van der Waals surface area (Å²) in [7, 11) is -1.41. The van der Waals surface area contributed by atoms with Crippen LogP contribution in [0.1, 0.15) is 5.56 Å². The molecule has 0 saturated heterocycles. The van der Waals surface area contributed by atoms with Crippen molar-refractivity contribution in [3.05, 3.63) is 60.2 Å². The first-order valence-corrected chi connectivity index (χ1v) is 11.9. The van der Waals surface area contributed by atoms with Crippen LogP contribution >= 0.6 is 0 Å². The second-order valence-corrected chi connectivity index (χ2v) is 9.01. The van der Waals surface area contributed by atoms with E-state index < -0.39 is 26.7 Å². The van der Waals surface area contributed by atoms with Gasteiger partial charge in [0.05, 0.1) is 24.7 Å². The molecule has 1 N–H and O–H groups in total. The van der Waals surface area contributed by atoms with Gasteiger partial charge in [0, 0.05) is 18.2 Å². The van der Waals surface area contributed by atoms with Crippen LogP contribution < -0.4 is 18.9 Å². The molecule has 2 aromatic carbocycles. The predicted molar refractivity (Wildman–Crippen MR) is 121 cm³/mol. The van der Waals surface area contributed by atoms with Crippen LogP contribution in [-0.4, -0.2) is 55.6 Å². The lowest BCUT2D eigenvalue weighted by molar-refractivity contribution is -0.139. The van der Waals surface area contributed by atoms with Crippen molar-refractivity contribution < 1.29 is 35.8 Å². The summed E-state index contributed by atoms with van der Waals surface area (Å²) in [5, 5.41) is 12.5. The molecule has 0 aliphatic rings. The van der Waals surface area contributed by atoms with Crippen molar-refractivity contribution in [3.8, 4) is 28.8 Å². The number of fused-ring (bicyclic) bond motifs is 1. The average molecular weight is 523 g/mol. The van der Waals surface area contributed by atoms with E-state index in [1.807, 2.05) is 0 Å². The molecule has 0 saturated carbocycles. The van der Waals surface area contributed by atoms with Gasteiger partial charge in [-0.2, -0.15) is 17.7 Å². The summed E-state index contributed by atoms with van der Waals surface area (Å²) in [5.41, 5.74) is -0.182. The molecule has 36 heavy (non-hydrogen) atoms. The number of methoxy groups -OCH3 is 2. The standard InChI is InChI=1S/C22H20F3N5O5S/c1-33-16-8-7-14(13-17(16)34-2)21-28-27-19-9-10-20(29-30(19)21)35-12-11-26-36(31,32)18-6-4-3-5-15(18)22(23,24)25/h3-10,13,26H,11-12H2,1-2H3. The zero-order valence-corrected chi connectivity index (χ0v) is 19.8. The highest BCUT2D eigenvalue weighted by molar-refractivity contribution is 7.89. The molecule has 0 spiro atoms. The summed E-state index contributed by atoms with van der Waals surface area (Å²) >= 11 is 0. The molecule has 0 radical (unpaired) electrons. The highest BCUT2D eigenvalue weighted by Crippen LogP contribution is 2.34. The molecule has 0 amide bonds. The summed E-state index contributed by atoms with van der Waals surface area (Å²) in [6, 6.07) is 12.2. The van der Waals surface area contributed by atoms with Crippen LogP contribution in [-0.2, 0) is 16.2 Å². The van der Waals surface area contributed by atoms with Crippen molar-refractivity contribution in [2.75, 3.05) is 27.4 Å². The molecule has 2 heterocycles. The highest BCUT2D eigenvalue weighted by Gasteiger charge is 2.36. The Hall–Kier alpha value is -3.91. The molecular weight excluding hydrogens is 503 g/mol. The Morgan fingerprint density at radius 2 is 1.72 bits per heavy atom. The van der Waals surface area contributed by atoms with E-state index in [0.29, 0.717) is 34.6 Å². The van der Waals surface area contributed by atoms with Crippen LogP contribution in [0.25, 0.3) is 17.0 Å². The van der Waals surface area contributed by atoms with Crippen LogP contribution in [0, 0.1) is 0 Å². The van der Waals surface area contributed by atoms with E-state index in [4.69, 9.17) is 14.2 Å². The van der Waals surface area contributed by atoms with Gasteiger partial charge in [-0.05, 0) is 36.4 Å². The van der Waals surface area contributed by atoms with Crippen molar-refractivity contribution in [2.45, 2.75) is 11.1 Å². The Labute approximate surface area is 203 Å². The first kappa shape index (κ1) is 25.2. The van der Waals surface area contributed by atoms with Crippen molar-refractivity contribution in [1.82, 2.24) is 24.5 Å². The Bertz CT molecular complexity index is 1490. The quantitative estimate of drug-likeness (QED) is 0.333. The zero-order chi connectivity index (χ0) is 25.9. The maximum Gasteiger partial charge on any atom is 0.417 e. The molecule has 10 nitrogen and oxygen atoms in total. The summed E-state index contributed by atoms with van der Waals surface area (Å²) in [4.78, 5) is -0.860. The fourth-order valence-corrected chi connectivity index (χ4v) is 4.59. The first-order valence-electron chi connectivity index (χ1n) is 10.4. The van der Waals surface area contributed by atoms with E-state index in [1.165, 1.54) is 30.9 Å². The van der Waals surface area contributed by atoms with Gasteiger partial charge in [0.2, 0.25) is 15.9 Å². The molecule has 0 bridgehead atoms. The normalized spacial score (nSPS) is 12.0. The number of hydrogen-bond acceptors (Lipinski definition) is 8. The highest BCUT2D eigenvalue weighted by atomic mass is 32.2. The molecule has 0 aliphatic carbocycles. The minimum absolute atomic E-state index is 0.124. The monoisotopic (exact) mass is 523 g/mol. The third-order valence-electron chi connectivity index (χ3n) is 5.01. The first-order chi connectivity index (χ1) is 17.1. The van der Waals surface area contributed by atoms with Gasteiger partial charge < -0.3 is 14.2 Å². The van der Waals surface area contributed by atoms with Crippen molar-refractivity contribution >= 4 is 15.7 Å². The van der Waals surface area contributed by atoms with Gasteiger partial charge in [-0.15, -0.1) is 15.3 Å². The van der Waals surface area contributed by atoms with Gasteiger partial charge in [0.15, 0.2) is 23.0 Å². The van der Waals surface area contributed by atoms with E-state index in [1.54, 1.807) is 24.3 Å². The number of rotatable bonds is 9. The molecule has 190 valence electrons. The number of nitrogens with one attached hydrogen (secondary N) is 1. The number of nitrogens with zero attached hydrogens (tertiary/aromatic N) is 4. The van der Waals surface area contributed by atoms with Gasteiger partial charge in [-0.25, -0.2) is 13.1 Å². The lowest BCUT2D eigenvalue weighted by Gasteiger charge is -2.13. The Morgan fingerprint density at radius 1 is 0.972 bits per heavy atom. The van der Waals surface area contributed by atoms with Gasteiger partial charge in [-0.1, -0.05) is 12.1 Å². The lowest BCUT2D eigenvalue weighted by Crippen LogP contribution is -2.30. The molecule has 2 aromatic heterocycles. The number of benzene rings is 2. The van der Waals surface area contributed by atoms with Crippen LogP contribution in [0.5, 0.6) is 17.4 Å². The average Bonchev–Trinajstić information content (AvgIpc) is 3.29. The predicted octanol–water partition coefficient (Wildman–Crippen LogP) is 3.18. The second kappa shape index (κ2) is 9.99. The smallest absolute Gasteiger partial charge is 0.417 e. The van der Waals surface area contributed by atoms with E-state index >= 15 is 0 Å². The van der Waals surface area contributed by atoms with Gasteiger partial charge in [0.1, 0.15) is 6.61 Å². The third-order valence-corrected chi connectivity index (χ3v) is 6.53. The molecule has 4 aromatic rings. The largest absolute Gasteiger partial charge is 0.493 e. The Kier molecular flexibility index (Phi) is 6.99. The molecule has 14 heteroatoms. The zero-order valence-electron chi connectivity index (χ0n) is 19.0. The summed E-state index contributed by atoms with van der Waals surface area (Å²) < 4.78 is 84.0. The second-order valence-electron chi connectivity index (χ2n) is 7.28. The maximum absolute atomic E-state index is 13.2. The van der Waals surface area contributed by atoms with Crippen molar-refractivity contribution in [2.24, 2.45) is 0 Å². The summed E-state index contributed by atoms with van der Waals surface area (Å²) in [5.74, 6) is 1.53. The molecule has 4 rings (SSSR count). The molecular formula is C22H20F3N5O5S. The Balaban J connectivity index is 1.47. The number of sulfonamides is 1. The van der Waals surface area contributed by atoms with Gasteiger partial charge in [0.25, 0.3) is 0 Å². The fourth-order valence-electron chi connectivity index (χ4n) is 3.35. The maximum atomic E-state index is 13.2. The van der Waals surface area contributed by atoms with E-state index in [2.05, 4.69) is 20.0 Å². The van der Waals surface area contributed by atoms with Gasteiger partial charge in [-0.3, -0.25) is 0 Å². The SMILES string of the molecule is COc1ccc(-c2nnc3ccc(OCCNS(=O)(=O)c4ccccc4C(F)(F)F)nn23)cc1OC.